The van der Waals surface area contributed by atoms with Gasteiger partial charge in [-0.2, -0.15) is 0 Å². The maximum absolute atomic E-state index is 13.0. The van der Waals surface area contributed by atoms with Gasteiger partial charge in [-0.15, -0.1) is 0 Å². The molecule has 1 aliphatic heterocycles. The highest BCUT2D eigenvalue weighted by Gasteiger charge is 2.67. The van der Waals surface area contributed by atoms with E-state index in [1.807, 2.05) is 12.1 Å². The Hall–Kier alpha value is -3.61. The van der Waals surface area contributed by atoms with Gasteiger partial charge in [0.25, 0.3) is 0 Å². The number of anilines is 1. The van der Waals surface area contributed by atoms with E-state index in [0.717, 1.165) is 12.2 Å². The van der Waals surface area contributed by atoms with Crippen LogP contribution in [-0.4, -0.2) is 36.3 Å². The van der Waals surface area contributed by atoms with Crippen LogP contribution in [0.3, 0.4) is 0 Å². The van der Waals surface area contributed by atoms with Gasteiger partial charge in [0.2, 0.25) is 17.7 Å². The number of allylic oxidation sites excluding steroid dienone is 2. The highest BCUT2D eigenvalue weighted by Crippen LogP contribution is 2.65. The second-order valence-corrected chi connectivity index (χ2v) is 9.27. The van der Waals surface area contributed by atoms with Gasteiger partial charge >= 0.3 is 0 Å². The first-order chi connectivity index (χ1) is 16.0. The summed E-state index contributed by atoms with van der Waals surface area (Å²) in [6.45, 7) is -0.246. The average Bonchev–Trinajstić information content (AvgIpc) is 3.62. The Morgan fingerprint density at radius 2 is 1.39 bits per heavy atom. The van der Waals surface area contributed by atoms with E-state index in [1.54, 1.807) is 43.5 Å². The molecule has 7 nitrogen and oxygen atoms in total. The predicted molar refractivity (Wildman–Crippen MR) is 120 cm³/mol. The van der Waals surface area contributed by atoms with Crippen molar-refractivity contribution in [1.29, 1.82) is 0 Å². The molecule has 6 atom stereocenters. The number of carbonyl (C=O) groups is 3. The number of ether oxygens (including phenoxy) is 2. The molecular weight excluding hydrogens is 420 g/mol. The molecular formula is C26H24N2O5. The molecule has 4 aliphatic carbocycles. The van der Waals surface area contributed by atoms with Crippen molar-refractivity contribution in [2.75, 3.05) is 19.0 Å². The molecule has 1 saturated heterocycles. The standard InChI is InChI=1S/C26H24N2O5/c1-32-15-6-8-17(9-7-15)33-16-4-2-14(3-5-16)27-22(29)13-28-25(30)23-18-10-11-19(21-12-20(18)21)24(23)26(28)31/h2-11,18-21,23-24H,12-13H2,1H3,(H,27,29)/t18-,19-,20-,21+,23+,24+/m0/s1. The van der Waals surface area contributed by atoms with Gasteiger partial charge in [-0.1, -0.05) is 12.2 Å². The van der Waals surface area contributed by atoms with E-state index in [2.05, 4.69) is 17.5 Å². The summed E-state index contributed by atoms with van der Waals surface area (Å²) in [6.07, 6.45) is 5.38. The Balaban J connectivity index is 1.08. The number of nitrogens with zero attached hydrogens (tertiary/aromatic N) is 1. The minimum Gasteiger partial charge on any atom is -0.497 e. The number of hydrogen-bond acceptors (Lipinski definition) is 5. The number of likely N-dealkylation sites (tertiary alicyclic amines) is 1. The average molecular weight is 444 g/mol. The zero-order valence-corrected chi connectivity index (χ0v) is 18.1. The van der Waals surface area contributed by atoms with Gasteiger partial charge in [-0.05, 0) is 78.6 Å². The Morgan fingerprint density at radius 3 is 1.94 bits per heavy atom. The van der Waals surface area contributed by atoms with Gasteiger partial charge in [0.15, 0.2) is 0 Å². The van der Waals surface area contributed by atoms with Crippen LogP contribution in [0.2, 0.25) is 0 Å². The largest absolute Gasteiger partial charge is 0.497 e. The van der Waals surface area contributed by atoms with Gasteiger partial charge in [-0.3, -0.25) is 19.3 Å². The molecule has 0 radical (unpaired) electrons. The van der Waals surface area contributed by atoms with Crippen molar-refractivity contribution in [1.82, 2.24) is 4.90 Å². The Morgan fingerprint density at radius 1 is 0.879 bits per heavy atom. The molecule has 3 fully saturated rings. The molecule has 1 N–H and O–H groups in total. The van der Waals surface area contributed by atoms with Crippen molar-refractivity contribution in [2.24, 2.45) is 35.5 Å². The van der Waals surface area contributed by atoms with Gasteiger partial charge in [0, 0.05) is 5.69 Å². The van der Waals surface area contributed by atoms with Crippen LogP contribution in [0.5, 0.6) is 17.2 Å². The molecule has 1 heterocycles. The fraction of sp³-hybridized carbons (Fsp3) is 0.346. The van der Waals surface area contributed by atoms with Crippen LogP contribution >= 0.6 is 0 Å². The molecule has 2 aromatic carbocycles. The Bertz CT molecular complexity index is 1120. The topological polar surface area (TPSA) is 84.9 Å². The monoisotopic (exact) mass is 444 g/mol. The first-order valence-corrected chi connectivity index (χ1v) is 11.3. The zero-order valence-electron chi connectivity index (χ0n) is 18.1. The third kappa shape index (κ3) is 3.30. The number of imide groups is 1. The maximum atomic E-state index is 13.0. The molecule has 7 heteroatoms. The fourth-order valence-corrected chi connectivity index (χ4v) is 5.90. The first-order valence-electron chi connectivity index (χ1n) is 11.3. The van der Waals surface area contributed by atoms with E-state index in [9.17, 15) is 14.4 Å². The van der Waals surface area contributed by atoms with Crippen molar-refractivity contribution in [3.8, 4) is 17.2 Å². The second-order valence-electron chi connectivity index (χ2n) is 9.27. The first kappa shape index (κ1) is 20.0. The molecule has 5 aliphatic rings. The molecule has 0 aromatic heterocycles. The van der Waals surface area contributed by atoms with Crippen LogP contribution < -0.4 is 14.8 Å². The summed E-state index contributed by atoms with van der Waals surface area (Å²) in [5, 5.41) is 2.78. The quantitative estimate of drug-likeness (QED) is 0.545. The Kier molecular flexibility index (Phi) is 4.54. The summed E-state index contributed by atoms with van der Waals surface area (Å²) in [6, 6.07) is 14.2. The Labute approximate surface area is 191 Å². The molecule has 2 saturated carbocycles. The smallest absolute Gasteiger partial charge is 0.244 e. The van der Waals surface area contributed by atoms with Crippen LogP contribution in [0.15, 0.2) is 60.7 Å². The lowest BCUT2D eigenvalue weighted by Crippen LogP contribution is -2.40. The van der Waals surface area contributed by atoms with Gasteiger partial charge in [-0.25, -0.2) is 0 Å². The molecule has 0 spiro atoms. The van der Waals surface area contributed by atoms with E-state index >= 15 is 0 Å². The molecule has 2 bridgehead atoms. The lowest BCUT2D eigenvalue weighted by molar-refractivity contribution is -0.142. The summed E-state index contributed by atoms with van der Waals surface area (Å²) in [4.78, 5) is 39.8. The van der Waals surface area contributed by atoms with Crippen LogP contribution in [0, 0.1) is 35.5 Å². The molecule has 33 heavy (non-hydrogen) atoms. The summed E-state index contributed by atoms with van der Waals surface area (Å²) in [5.74, 6) is 2.13. The molecule has 3 amide bonds. The predicted octanol–water partition coefficient (Wildman–Crippen LogP) is 3.48. The lowest BCUT2D eigenvalue weighted by atomic mass is 9.63. The van der Waals surface area contributed by atoms with Crippen molar-refractivity contribution in [3.63, 3.8) is 0 Å². The number of carbonyl (C=O) groups excluding carboxylic acids is 3. The van der Waals surface area contributed by atoms with Crippen molar-refractivity contribution in [2.45, 2.75) is 6.42 Å². The minimum absolute atomic E-state index is 0.160. The van der Waals surface area contributed by atoms with Crippen LogP contribution in [0.4, 0.5) is 5.69 Å². The molecule has 2 aromatic rings. The SMILES string of the molecule is COc1ccc(Oc2ccc(NC(=O)CN3C(=O)[C@@H]4[C@H]5C=C[C@@H]([C@@H]6C[C@H]56)[C@H]4C3=O)cc2)cc1. The van der Waals surface area contributed by atoms with E-state index in [1.165, 1.54) is 4.90 Å². The highest BCUT2D eigenvalue weighted by molar-refractivity contribution is 6.09. The van der Waals surface area contributed by atoms with E-state index in [0.29, 0.717) is 29.0 Å². The number of rotatable bonds is 6. The molecule has 168 valence electrons. The molecule has 7 rings (SSSR count). The third-order valence-electron chi connectivity index (χ3n) is 7.49. The van der Waals surface area contributed by atoms with Crippen LogP contribution in [0.25, 0.3) is 0 Å². The van der Waals surface area contributed by atoms with Crippen LogP contribution in [-0.2, 0) is 14.4 Å². The summed E-state index contributed by atoms with van der Waals surface area (Å²) < 4.78 is 10.9. The van der Waals surface area contributed by atoms with Gasteiger partial charge in [0.05, 0.1) is 18.9 Å². The number of amides is 3. The second kappa shape index (κ2) is 7.47. The van der Waals surface area contributed by atoms with Crippen molar-refractivity contribution < 1.29 is 23.9 Å². The number of nitrogens with one attached hydrogen (secondary N) is 1. The highest BCUT2D eigenvalue weighted by atomic mass is 16.5. The number of methoxy groups -OCH3 is 1. The summed E-state index contributed by atoms with van der Waals surface area (Å²) >= 11 is 0. The van der Waals surface area contributed by atoms with Crippen LogP contribution in [0.1, 0.15) is 6.42 Å². The lowest BCUT2D eigenvalue weighted by Gasteiger charge is -2.37. The summed E-state index contributed by atoms with van der Waals surface area (Å²) in [5.41, 5.74) is 0.571. The van der Waals surface area contributed by atoms with Gasteiger partial charge < -0.3 is 14.8 Å². The zero-order chi connectivity index (χ0) is 22.7. The third-order valence-corrected chi connectivity index (χ3v) is 7.49. The summed E-state index contributed by atoms with van der Waals surface area (Å²) in [7, 11) is 1.61. The number of hydrogen-bond donors (Lipinski definition) is 1. The maximum Gasteiger partial charge on any atom is 0.244 e. The van der Waals surface area contributed by atoms with Crippen molar-refractivity contribution in [3.05, 3.63) is 60.7 Å². The molecule has 0 unspecified atom stereocenters. The van der Waals surface area contributed by atoms with Gasteiger partial charge in [0.1, 0.15) is 23.8 Å². The van der Waals surface area contributed by atoms with E-state index in [4.69, 9.17) is 9.47 Å². The van der Waals surface area contributed by atoms with Crippen molar-refractivity contribution >= 4 is 23.4 Å². The van der Waals surface area contributed by atoms with E-state index < -0.39 is 0 Å². The van der Waals surface area contributed by atoms with E-state index in [-0.39, 0.29) is 47.9 Å². The minimum atomic E-state index is -0.385. The normalized spacial score (nSPS) is 30.6. The number of benzene rings is 2. The fourth-order valence-electron chi connectivity index (χ4n) is 5.90.